The van der Waals surface area contributed by atoms with Crippen molar-refractivity contribution in [3.63, 3.8) is 0 Å². The Morgan fingerprint density at radius 2 is 1.96 bits per heavy atom. The number of allylic oxidation sites excluding steroid dienone is 1. The molecule has 0 aromatic carbocycles. The van der Waals surface area contributed by atoms with Crippen molar-refractivity contribution in [2.45, 2.75) is 76.6 Å². The lowest BCUT2D eigenvalue weighted by Crippen LogP contribution is -2.61. The van der Waals surface area contributed by atoms with Gasteiger partial charge in [0.2, 0.25) is 0 Å². The van der Waals surface area contributed by atoms with Gasteiger partial charge in [-0.25, -0.2) is 0 Å². The number of hydrogen-bond acceptors (Lipinski definition) is 5. The molecule has 4 N–H and O–H groups in total. The second-order valence-corrected chi connectivity index (χ2v) is 9.74. The Morgan fingerprint density at radius 1 is 1.23 bits per heavy atom. The minimum atomic E-state index is -1.54. The lowest BCUT2D eigenvalue weighted by molar-refractivity contribution is -0.180. The van der Waals surface area contributed by atoms with E-state index in [-0.39, 0.29) is 29.3 Å². The van der Waals surface area contributed by atoms with Crippen LogP contribution in [0, 0.1) is 28.6 Å². The Morgan fingerprint density at radius 3 is 2.65 bits per heavy atom. The first-order valence-electron chi connectivity index (χ1n) is 10.1. The zero-order valence-corrected chi connectivity index (χ0v) is 15.8. The van der Waals surface area contributed by atoms with Crippen LogP contribution < -0.4 is 0 Å². The normalized spacial score (nSPS) is 53.3. The van der Waals surface area contributed by atoms with Crippen molar-refractivity contribution in [3.8, 4) is 0 Å². The average Bonchev–Trinajstić information content (AvgIpc) is 2.86. The Bertz CT molecular complexity index is 644. The fourth-order valence-corrected chi connectivity index (χ4v) is 7.37. The molecule has 0 radical (unpaired) electrons. The van der Waals surface area contributed by atoms with Crippen molar-refractivity contribution < 1.29 is 25.2 Å². The van der Waals surface area contributed by atoms with E-state index >= 15 is 0 Å². The molecule has 4 aliphatic carbocycles. The summed E-state index contributed by atoms with van der Waals surface area (Å²) in [5.74, 6) is -0.00187. The van der Waals surface area contributed by atoms with Crippen molar-refractivity contribution in [1.29, 1.82) is 0 Å². The van der Waals surface area contributed by atoms with Gasteiger partial charge in [-0.2, -0.15) is 0 Å². The van der Waals surface area contributed by atoms with Gasteiger partial charge in [-0.3, -0.25) is 4.79 Å². The quantitative estimate of drug-likeness (QED) is 0.558. The minimum absolute atomic E-state index is 0.107. The number of ketones is 1. The van der Waals surface area contributed by atoms with Gasteiger partial charge in [0.1, 0.15) is 12.2 Å². The predicted molar refractivity (Wildman–Crippen MR) is 96.1 cm³/mol. The van der Waals surface area contributed by atoms with Gasteiger partial charge in [-0.15, -0.1) is 0 Å². The largest absolute Gasteiger partial charge is 0.393 e. The number of aliphatic hydroxyl groups excluding tert-OH is 3. The summed E-state index contributed by atoms with van der Waals surface area (Å²) in [6, 6.07) is 0. The molecule has 0 amide bonds. The first kappa shape index (κ1) is 18.6. The summed E-state index contributed by atoms with van der Waals surface area (Å²) in [7, 11) is 0. The van der Waals surface area contributed by atoms with Crippen LogP contribution in [0.15, 0.2) is 11.6 Å². The predicted octanol–water partition coefficient (Wildman–Crippen LogP) is 1.57. The molecule has 0 saturated heterocycles. The number of carbonyl (C=O) groups is 1. The second-order valence-electron chi connectivity index (χ2n) is 9.74. The van der Waals surface area contributed by atoms with Crippen molar-refractivity contribution in [3.05, 3.63) is 11.6 Å². The lowest BCUT2D eigenvalue weighted by Gasteiger charge is -2.60. The highest BCUT2D eigenvalue weighted by Gasteiger charge is 2.67. The highest BCUT2D eigenvalue weighted by molar-refractivity contribution is 5.89. The third-order valence-electron chi connectivity index (χ3n) is 8.77. The van der Waals surface area contributed by atoms with Gasteiger partial charge < -0.3 is 20.4 Å². The van der Waals surface area contributed by atoms with E-state index in [9.17, 15) is 25.2 Å². The van der Waals surface area contributed by atoms with E-state index in [1.165, 1.54) is 5.57 Å². The third-order valence-corrected chi connectivity index (χ3v) is 8.77. The summed E-state index contributed by atoms with van der Waals surface area (Å²) in [5, 5.41) is 41.8. The van der Waals surface area contributed by atoms with Crippen LogP contribution >= 0.6 is 0 Å². The van der Waals surface area contributed by atoms with Crippen LogP contribution in [0.2, 0.25) is 0 Å². The molecule has 5 heteroatoms. The minimum Gasteiger partial charge on any atom is -0.393 e. The molecule has 0 aromatic heterocycles. The van der Waals surface area contributed by atoms with E-state index in [0.29, 0.717) is 19.3 Å². The summed E-state index contributed by atoms with van der Waals surface area (Å²) in [4.78, 5) is 12.4. The van der Waals surface area contributed by atoms with Crippen LogP contribution in [0.4, 0.5) is 0 Å². The monoisotopic (exact) mass is 364 g/mol. The Balaban J connectivity index is 1.73. The van der Waals surface area contributed by atoms with Crippen molar-refractivity contribution in [2.75, 3.05) is 6.61 Å². The molecule has 0 bridgehead atoms. The highest BCUT2D eigenvalue weighted by Crippen LogP contribution is 2.67. The maximum absolute atomic E-state index is 12.4. The summed E-state index contributed by atoms with van der Waals surface area (Å²) in [6.45, 7) is 3.51. The summed E-state index contributed by atoms with van der Waals surface area (Å²) < 4.78 is 0. The third kappa shape index (κ3) is 2.20. The van der Waals surface area contributed by atoms with E-state index in [0.717, 1.165) is 25.7 Å². The summed E-state index contributed by atoms with van der Waals surface area (Å²) in [5.41, 5.74) is -1.06. The molecular weight excluding hydrogens is 332 g/mol. The topological polar surface area (TPSA) is 98.0 Å². The van der Waals surface area contributed by atoms with Crippen molar-refractivity contribution in [2.24, 2.45) is 28.6 Å². The van der Waals surface area contributed by atoms with Crippen LogP contribution in [0.25, 0.3) is 0 Å². The Hall–Kier alpha value is -0.750. The highest BCUT2D eigenvalue weighted by atomic mass is 16.3. The molecule has 0 spiro atoms. The Labute approximate surface area is 155 Å². The van der Waals surface area contributed by atoms with E-state index in [1.807, 2.05) is 6.92 Å². The molecule has 4 aliphatic rings. The van der Waals surface area contributed by atoms with E-state index in [2.05, 4.69) is 13.0 Å². The van der Waals surface area contributed by atoms with Crippen LogP contribution in [-0.2, 0) is 4.79 Å². The van der Waals surface area contributed by atoms with Gasteiger partial charge in [0.15, 0.2) is 5.78 Å². The first-order valence-corrected chi connectivity index (χ1v) is 10.1. The smallest absolute Gasteiger partial charge is 0.190 e. The number of fused-ring (bicyclic) bond motifs is 5. The first-order chi connectivity index (χ1) is 12.2. The second kappa shape index (κ2) is 5.87. The van der Waals surface area contributed by atoms with E-state index in [4.69, 9.17) is 0 Å². The molecule has 5 nitrogen and oxygen atoms in total. The molecule has 26 heavy (non-hydrogen) atoms. The van der Waals surface area contributed by atoms with Crippen molar-refractivity contribution in [1.82, 2.24) is 0 Å². The molecule has 6 unspecified atom stereocenters. The van der Waals surface area contributed by atoms with Gasteiger partial charge in [0.25, 0.3) is 0 Å². The molecule has 3 fully saturated rings. The number of hydrogen-bond donors (Lipinski definition) is 4. The van der Waals surface area contributed by atoms with E-state index in [1.54, 1.807) is 0 Å². The molecule has 146 valence electrons. The van der Waals surface area contributed by atoms with Gasteiger partial charge in [0, 0.05) is 5.41 Å². The lowest BCUT2D eigenvalue weighted by atomic mass is 9.46. The molecule has 3 saturated carbocycles. The zero-order chi connectivity index (χ0) is 18.9. The average molecular weight is 364 g/mol. The van der Waals surface area contributed by atoms with Crippen LogP contribution in [0.1, 0.15) is 58.8 Å². The maximum atomic E-state index is 12.4. The molecule has 0 aromatic rings. The number of carbonyl (C=O) groups excluding carboxylic acids is 1. The van der Waals surface area contributed by atoms with Crippen LogP contribution in [0.5, 0.6) is 0 Å². The molecule has 0 heterocycles. The fourth-order valence-electron chi connectivity index (χ4n) is 7.37. The van der Waals surface area contributed by atoms with Crippen LogP contribution in [-0.4, -0.2) is 50.6 Å². The summed E-state index contributed by atoms with van der Waals surface area (Å²) >= 11 is 0. The molecule has 0 aliphatic heterocycles. The molecule has 4 rings (SSSR count). The number of Topliss-reactive ketones (excluding diaryl/α,β-unsaturated/α-hetero) is 1. The number of rotatable bonds is 2. The summed E-state index contributed by atoms with van der Waals surface area (Å²) in [6.07, 6.45) is 6.09. The number of aliphatic hydroxyl groups is 4. The van der Waals surface area contributed by atoms with Gasteiger partial charge in [0.05, 0.1) is 12.2 Å². The SMILES string of the molecule is CC12CCC(O)CC1=CCC1C2[C@@H](O)CC2(C)C1CC[C@]2(O)C(=O)CO. The zero-order valence-electron chi connectivity index (χ0n) is 15.8. The van der Waals surface area contributed by atoms with E-state index < -0.39 is 29.5 Å². The van der Waals surface area contributed by atoms with Gasteiger partial charge in [-0.1, -0.05) is 25.5 Å². The van der Waals surface area contributed by atoms with Gasteiger partial charge >= 0.3 is 0 Å². The van der Waals surface area contributed by atoms with Crippen molar-refractivity contribution >= 4 is 5.78 Å². The standard InChI is InChI=1S/C21H32O5/c1-19-7-5-13(23)9-12(19)3-4-14-15-6-8-21(26,17(25)11-22)20(15,2)10-16(24)18(14)19/h3,13-16,18,22-24,26H,4-11H2,1-2H3/t13?,14?,15?,16-,18?,19?,20?,21-/m0/s1. The van der Waals surface area contributed by atoms with Crippen LogP contribution in [0.3, 0.4) is 0 Å². The fraction of sp³-hybridized carbons (Fsp3) is 0.857. The Kier molecular flexibility index (Phi) is 4.20. The molecule has 8 atom stereocenters. The maximum Gasteiger partial charge on any atom is 0.190 e. The molecular formula is C21H32O5. The van der Waals surface area contributed by atoms with Gasteiger partial charge in [-0.05, 0) is 68.1 Å².